The molecule has 36 valence electrons. The van der Waals surface area contributed by atoms with E-state index in [4.69, 9.17) is 2.74 Å². The van der Waals surface area contributed by atoms with Gasteiger partial charge in [-0.3, -0.25) is 0 Å². The van der Waals surface area contributed by atoms with Crippen molar-refractivity contribution in [2.24, 2.45) is 0 Å². The van der Waals surface area contributed by atoms with Crippen LogP contribution in [-0.2, 0) is 0 Å². The molecule has 7 heavy (non-hydrogen) atoms. The van der Waals surface area contributed by atoms with Gasteiger partial charge in [-0.15, -0.1) is 0 Å². The topological polar surface area (TPSA) is 0 Å². The minimum absolute atomic E-state index is 0.363. The van der Waals surface area contributed by atoms with Crippen LogP contribution in [0.4, 0.5) is 0 Å². The molecule has 0 heterocycles. The SMILES string of the molecule is [2H]c1cccc([2H])c1Br. The average molecular weight is 159 g/mol. The molecule has 0 N–H and O–H groups in total. The monoisotopic (exact) mass is 158 g/mol. The molecular formula is C6H5Br. The molecule has 0 unspecified atom stereocenters. The summed E-state index contributed by atoms with van der Waals surface area (Å²) in [7, 11) is 0. The average Bonchev–Trinajstić information content (AvgIpc) is 1.83. The third kappa shape index (κ3) is 1.32. The van der Waals surface area contributed by atoms with E-state index in [1.165, 1.54) is 0 Å². The molecule has 0 radical (unpaired) electrons. The Morgan fingerprint density at radius 2 is 1.86 bits per heavy atom. The largest absolute Gasteiger partial charge is 0.0635 e. The number of hydrogen-bond acceptors (Lipinski definition) is 0. The second kappa shape index (κ2) is 2.12. The van der Waals surface area contributed by atoms with Crippen LogP contribution in [0.25, 0.3) is 0 Å². The molecule has 0 amide bonds. The highest BCUT2D eigenvalue weighted by Crippen LogP contribution is 2.05. The smallest absolute Gasteiger partial charge is 0.0622 e. The fourth-order valence-electron chi connectivity index (χ4n) is 0.332. The van der Waals surface area contributed by atoms with E-state index in [0.29, 0.717) is 16.6 Å². The zero-order valence-electron chi connectivity index (χ0n) is 5.61. The lowest BCUT2D eigenvalue weighted by molar-refractivity contribution is 1.66. The lowest BCUT2D eigenvalue weighted by Crippen LogP contribution is -1.55. The Labute approximate surface area is 54.1 Å². The van der Waals surface area contributed by atoms with E-state index in [1.54, 1.807) is 18.2 Å². The molecule has 0 aliphatic carbocycles. The summed E-state index contributed by atoms with van der Waals surface area (Å²) in [5.41, 5.74) is 0. The lowest BCUT2D eigenvalue weighted by Gasteiger charge is -1.80. The summed E-state index contributed by atoms with van der Waals surface area (Å²) in [6.07, 6.45) is 0. The highest BCUT2D eigenvalue weighted by Gasteiger charge is 1.74. The maximum atomic E-state index is 7.19. The number of halogens is 1. The summed E-state index contributed by atoms with van der Waals surface area (Å²) in [5, 5.41) is 0. The summed E-state index contributed by atoms with van der Waals surface area (Å²) in [5.74, 6) is 0. The Kier molecular flexibility index (Phi) is 0.873. The first kappa shape index (κ1) is 2.88. The summed E-state index contributed by atoms with van der Waals surface area (Å²) in [4.78, 5) is 0. The van der Waals surface area contributed by atoms with Crippen molar-refractivity contribution < 1.29 is 2.74 Å². The molecule has 0 atom stereocenters. The molecule has 0 aromatic heterocycles. The van der Waals surface area contributed by atoms with Gasteiger partial charge < -0.3 is 0 Å². The molecule has 1 aromatic carbocycles. The molecule has 0 saturated carbocycles. The van der Waals surface area contributed by atoms with Gasteiger partial charge in [0.05, 0.1) is 2.74 Å². The Balaban J connectivity index is 3.25. The zero-order chi connectivity index (χ0) is 6.85. The Bertz CT molecular complexity index is 202. The van der Waals surface area contributed by atoms with Crippen LogP contribution in [-0.4, -0.2) is 0 Å². The predicted molar refractivity (Wildman–Crippen MR) is 34.1 cm³/mol. The molecule has 0 bridgehead atoms. The molecular weight excluding hydrogens is 152 g/mol. The van der Waals surface area contributed by atoms with Gasteiger partial charge in [0.1, 0.15) is 0 Å². The van der Waals surface area contributed by atoms with E-state index >= 15 is 0 Å². The van der Waals surface area contributed by atoms with Crippen molar-refractivity contribution in [1.29, 1.82) is 0 Å². The number of rotatable bonds is 0. The lowest BCUT2D eigenvalue weighted by atomic mass is 10.4. The van der Waals surface area contributed by atoms with Gasteiger partial charge in [0, 0.05) is 4.47 Å². The first-order chi connectivity index (χ1) is 4.22. The molecule has 1 heteroatoms. The first-order valence-corrected chi connectivity index (χ1v) is 2.73. The quantitative estimate of drug-likeness (QED) is 0.545. The van der Waals surface area contributed by atoms with E-state index in [1.807, 2.05) is 0 Å². The highest BCUT2D eigenvalue weighted by molar-refractivity contribution is 9.10. The zero-order valence-corrected chi connectivity index (χ0v) is 5.20. The fourth-order valence-corrected chi connectivity index (χ4v) is 0.597. The van der Waals surface area contributed by atoms with Crippen LogP contribution in [0.15, 0.2) is 34.8 Å². The summed E-state index contributed by atoms with van der Waals surface area (Å²) in [6.45, 7) is 0. The summed E-state index contributed by atoms with van der Waals surface area (Å²) < 4.78 is 14.9. The fraction of sp³-hybridized carbons (Fsp3) is 0. The van der Waals surface area contributed by atoms with Crippen molar-refractivity contribution in [2.45, 2.75) is 0 Å². The Morgan fingerprint density at radius 1 is 1.29 bits per heavy atom. The molecule has 0 saturated heterocycles. The van der Waals surface area contributed by atoms with E-state index in [-0.39, 0.29) is 0 Å². The van der Waals surface area contributed by atoms with Crippen molar-refractivity contribution in [3.63, 3.8) is 0 Å². The maximum Gasteiger partial charge on any atom is 0.0635 e. The summed E-state index contributed by atoms with van der Waals surface area (Å²) in [6, 6.07) is 5.70. The second-order valence-corrected chi connectivity index (χ2v) is 1.92. The Hall–Kier alpha value is -0.300. The third-order valence-corrected chi connectivity index (χ3v) is 1.07. The van der Waals surface area contributed by atoms with Crippen LogP contribution in [0.1, 0.15) is 2.74 Å². The highest BCUT2D eigenvalue weighted by atomic mass is 79.9. The predicted octanol–water partition coefficient (Wildman–Crippen LogP) is 2.45. The van der Waals surface area contributed by atoms with E-state index in [2.05, 4.69) is 15.9 Å². The minimum Gasteiger partial charge on any atom is -0.0622 e. The molecule has 1 aromatic rings. The van der Waals surface area contributed by atoms with Gasteiger partial charge in [-0.2, -0.15) is 0 Å². The van der Waals surface area contributed by atoms with Crippen LogP contribution < -0.4 is 0 Å². The second-order valence-electron chi connectivity index (χ2n) is 1.13. The van der Waals surface area contributed by atoms with Gasteiger partial charge in [0.25, 0.3) is 0 Å². The molecule has 0 spiro atoms. The van der Waals surface area contributed by atoms with E-state index in [0.717, 1.165) is 0 Å². The molecule has 0 nitrogen and oxygen atoms in total. The maximum absolute atomic E-state index is 7.19. The van der Waals surface area contributed by atoms with Crippen molar-refractivity contribution in [1.82, 2.24) is 0 Å². The molecule has 0 fully saturated rings. The molecule has 0 aliphatic rings. The van der Waals surface area contributed by atoms with Crippen LogP contribution in [0.3, 0.4) is 0 Å². The number of benzene rings is 1. The Morgan fingerprint density at radius 3 is 2.29 bits per heavy atom. The molecule has 1 rings (SSSR count). The van der Waals surface area contributed by atoms with Crippen molar-refractivity contribution in [3.05, 3.63) is 34.8 Å². The van der Waals surface area contributed by atoms with E-state index < -0.39 is 0 Å². The first-order valence-electron chi connectivity index (χ1n) is 2.93. The van der Waals surface area contributed by atoms with Crippen LogP contribution in [0, 0.1) is 0 Å². The van der Waals surface area contributed by atoms with Crippen LogP contribution in [0.5, 0.6) is 0 Å². The molecule has 0 aliphatic heterocycles. The van der Waals surface area contributed by atoms with Crippen molar-refractivity contribution >= 4 is 15.9 Å². The van der Waals surface area contributed by atoms with Gasteiger partial charge in [-0.1, -0.05) is 34.1 Å². The van der Waals surface area contributed by atoms with Crippen LogP contribution >= 0.6 is 15.9 Å². The van der Waals surface area contributed by atoms with Crippen molar-refractivity contribution in [2.75, 3.05) is 0 Å². The van der Waals surface area contributed by atoms with Crippen molar-refractivity contribution in [3.8, 4) is 0 Å². The summed E-state index contributed by atoms with van der Waals surface area (Å²) >= 11 is 3.10. The number of hydrogen-bond donors (Lipinski definition) is 0. The van der Waals surface area contributed by atoms with Gasteiger partial charge in [-0.25, -0.2) is 0 Å². The van der Waals surface area contributed by atoms with Gasteiger partial charge in [0.2, 0.25) is 0 Å². The minimum atomic E-state index is 0.363. The third-order valence-electron chi connectivity index (χ3n) is 0.613. The van der Waals surface area contributed by atoms with E-state index in [9.17, 15) is 0 Å². The van der Waals surface area contributed by atoms with Gasteiger partial charge >= 0.3 is 0 Å². The van der Waals surface area contributed by atoms with Gasteiger partial charge in [-0.05, 0) is 12.1 Å². The standard InChI is InChI=1S/C6H5Br/c7-6-4-2-1-3-5-6/h1-5H/i4D,5D. The van der Waals surface area contributed by atoms with Crippen LogP contribution in [0.2, 0.25) is 0 Å². The normalized spacial score (nSPS) is 12.7. The van der Waals surface area contributed by atoms with Gasteiger partial charge in [0.15, 0.2) is 0 Å².